The topological polar surface area (TPSA) is 41.1 Å². The fraction of sp³-hybridized carbons (Fsp3) is 0.941. The molecule has 0 atom stereocenters. The second-order valence-electron chi connectivity index (χ2n) is 7.11. The molecule has 1 fully saturated rings. The zero-order valence-corrected chi connectivity index (χ0v) is 13.9. The third-order valence-corrected chi connectivity index (χ3v) is 4.29. The maximum atomic E-state index is 12.1. The van der Waals surface area contributed by atoms with E-state index in [2.05, 4.69) is 38.3 Å². The molecule has 1 rings (SSSR count). The summed E-state index contributed by atoms with van der Waals surface area (Å²) < 4.78 is 0. The van der Waals surface area contributed by atoms with Crippen molar-refractivity contribution in [3.63, 3.8) is 0 Å². The molecule has 0 aromatic heterocycles. The summed E-state index contributed by atoms with van der Waals surface area (Å²) in [7, 11) is 0. The van der Waals surface area contributed by atoms with Gasteiger partial charge in [0.1, 0.15) is 0 Å². The van der Waals surface area contributed by atoms with Crippen molar-refractivity contribution >= 4 is 5.91 Å². The van der Waals surface area contributed by atoms with Crippen LogP contribution >= 0.6 is 0 Å². The van der Waals surface area contributed by atoms with Gasteiger partial charge in [-0.25, -0.2) is 0 Å². The molecule has 0 aromatic rings. The van der Waals surface area contributed by atoms with Gasteiger partial charge in [0.05, 0.1) is 0 Å². The summed E-state index contributed by atoms with van der Waals surface area (Å²) in [6.07, 6.45) is 6.85. The van der Waals surface area contributed by atoms with Crippen LogP contribution in [-0.2, 0) is 4.79 Å². The van der Waals surface area contributed by atoms with Crippen molar-refractivity contribution in [3.05, 3.63) is 0 Å². The van der Waals surface area contributed by atoms with E-state index < -0.39 is 0 Å². The zero-order chi connectivity index (χ0) is 15.0. The molecule has 0 radical (unpaired) electrons. The van der Waals surface area contributed by atoms with Gasteiger partial charge in [-0.15, -0.1) is 0 Å². The van der Waals surface area contributed by atoms with E-state index in [4.69, 9.17) is 0 Å². The summed E-state index contributed by atoms with van der Waals surface area (Å²) in [6, 6.07) is 0.567. The molecular formula is C17H34N2O. The molecule has 118 valence electrons. The van der Waals surface area contributed by atoms with Crippen LogP contribution in [-0.4, -0.2) is 25.0 Å². The van der Waals surface area contributed by atoms with Crippen LogP contribution in [0.2, 0.25) is 0 Å². The summed E-state index contributed by atoms with van der Waals surface area (Å²) in [5.41, 5.74) is 0. The minimum atomic E-state index is 0.268. The van der Waals surface area contributed by atoms with Crippen LogP contribution in [0.5, 0.6) is 0 Å². The molecule has 0 saturated heterocycles. The lowest BCUT2D eigenvalue weighted by Gasteiger charge is -2.28. The van der Waals surface area contributed by atoms with Gasteiger partial charge < -0.3 is 10.6 Å². The molecule has 0 unspecified atom stereocenters. The maximum Gasteiger partial charge on any atom is 0.223 e. The van der Waals surface area contributed by atoms with E-state index >= 15 is 0 Å². The van der Waals surface area contributed by atoms with Crippen molar-refractivity contribution < 1.29 is 4.79 Å². The predicted octanol–water partition coefficient (Wildman–Crippen LogP) is 3.34. The average molecular weight is 282 g/mol. The molecule has 0 heterocycles. The van der Waals surface area contributed by atoms with E-state index in [9.17, 15) is 4.79 Å². The van der Waals surface area contributed by atoms with Gasteiger partial charge >= 0.3 is 0 Å². The fourth-order valence-electron chi connectivity index (χ4n) is 2.90. The number of carbonyl (C=O) groups is 1. The van der Waals surface area contributed by atoms with Crippen molar-refractivity contribution in [1.82, 2.24) is 10.6 Å². The van der Waals surface area contributed by atoms with Crippen molar-refractivity contribution in [1.29, 1.82) is 0 Å². The molecule has 2 N–H and O–H groups in total. The third-order valence-electron chi connectivity index (χ3n) is 4.29. The van der Waals surface area contributed by atoms with Gasteiger partial charge in [-0.1, -0.05) is 27.7 Å². The number of nitrogens with one attached hydrogen (secondary N) is 2. The Morgan fingerprint density at radius 3 is 2.30 bits per heavy atom. The van der Waals surface area contributed by atoms with Crippen molar-refractivity contribution in [2.24, 2.45) is 17.8 Å². The van der Waals surface area contributed by atoms with Crippen LogP contribution in [0.4, 0.5) is 0 Å². The summed E-state index contributed by atoms with van der Waals surface area (Å²) in [4.78, 5) is 12.1. The summed E-state index contributed by atoms with van der Waals surface area (Å²) in [5.74, 6) is 2.06. The van der Waals surface area contributed by atoms with Gasteiger partial charge in [0.25, 0.3) is 0 Å². The second-order valence-corrected chi connectivity index (χ2v) is 7.11. The van der Waals surface area contributed by atoms with Crippen LogP contribution in [0.15, 0.2) is 0 Å². The summed E-state index contributed by atoms with van der Waals surface area (Å²) >= 11 is 0. The Labute approximate surface area is 125 Å². The van der Waals surface area contributed by atoms with Crippen molar-refractivity contribution in [2.45, 2.75) is 72.3 Å². The number of hydrogen-bond donors (Lipinski definition) is 2. The summed E-state index contributed by atoms with van der Waals surface area (Å²) in [5, 5.41) is 6.63. The molecule has 20 heavy (non-hydrogen) atoms. The third kappa shape index (κ3) is 7.28. The molecular weight excluding hydrogens is 248 g/mol. The van der Waals surface area contributed by atoms with E-state index in [1.165, 1.54) is 19.3 Å². The van der Waals surface area contributed by atoms with Crippen LogP contribution < -0.4 is 10.6 Å². The first-order valence-electron chi connectivity index (χ1n) is 8.50. The monoisotopic (exact) mass is 282 g/mol. The van der Waals surface area contributed by atoms with E-state index in [1.807, 2.05) is 0 Å². The van der Waals surface area contributed by atoms with Crippen molar-refractivity contribution in [3.8, 4) is 0 Å². The van der Waals surface area contributed by atoms with E-state index in [1.54, 1.807) is 0 Å². The molecule has 0 aromatic carbocycles. The highest BCUT2D eigenvalue weighted by molar-refractivity contribution is 5.78. The van der Waals surface area contributed by atoms with Gasteiger partial charge in [0, 0.05) is 18.5 Å². The molecule has 0 bridgehead atoms. The van der Waals surface area contributed by atoms with Crippen LogP contribution in [0, 0.1) is 17.8 Å². The number of rotatable bonds is 8. The van der Waals surface area contributed by atoms with Gasteiger partial charge in [0.15, 0.2) is 0 Å². The first kappa shape index (κ1) is 17.5. The minimum absolute atomic E-state index is 0.268. The van der Waals surface area contributed by atoms with Gasteiger partial charge in [-0.2, -0.15) is 0 Å². The van der Waals surface area contributed by atoms with E-state index in [0.717, 1.165) is 44.2 Å². The van der Waals surface area contributed by atoms with Crippen LogP contribution in [0.25, 0.3) is 0 Å². The molecule has 3 heteroatoms. The Morgan fingerprint density at radius 1 is 1.10 bits per heavy atom. The van der Waals surface area contributed by atoms with Crippen LogP contribution in [0.1, 0.15) is 66.2 Å². The number of hydrogen-bond acceptors (Lipinski definition) is 2. The first-order valence-corrected chi connectivity index (χ1v) is 8.50. The zero-order valence-electron chi connectivity index (χ0n) is 13.9. The Morgan fingerprint density at radius 2 is 1.75 bits per heavy atom. The van der Waals surface area contributed by atoms with Crippen molar-refractivity contribution in [2.75, 3.05) is 13.1 Å². The maximum absolute atomic E-state index is 12.1. The van der Waals surface area contributed by atoms with Gasteiger partial charge in [0.2, 0.25) is 5.91 Å². The molecule has 1 aliphatic carbocycles. The number of carbonyl (C=O) groups excluding carboxylic acids is 1. The highest BCUT2D eigenvalue weighted by atomic mass is 16.1. The Balaban J connectivity index is 2.12. The van der Waals surface area contributed by atoms with Gasteiger partial charge in [-0.3, -0.25) is 4.79 Å². The lowest BCUT2D eigenvalue weighted by molar-refractivity contribution is -0.126. The number of amides is 1. The lowest BCUT2D eigenvalue weighted by atomic mass is 9.81. The lowest BCUT2D eigenvalue weighted by Crippen LogP contribution is -2.36. The average Bonchev–Trinajstić information content (AvgIpc) is 2.41. The molecule has 0 aliphatic heterocycles. The highest BCUT2D eigenvalue weighted by Gasteiger charge is 2.25. The fourth-order valence-corrected chi connectivity index (χ4v) is 2.90. The predicted molar refractivity (Wildman–Crippen MR) is 85.7 cm³/mol. The minimum Gasteiger partial charge on any atom is -0.356 e. The van der Waals surface area contributed by atoms with Gasteiger partial charge in [-0.05, 0) is 56.9 Å². The smallest absolute Gasteiger partial charge is 0.223 e. The SMILES string of the molecule is CC(C)CCCNC(=O)[C@H]1CC[C@H](CNC(C)C)CC1. The molecule has 1 aliphatic rings. The van der Waals surface area contributed by atoms with E-state index in [0.29, 0.717) is 11.9 Å². The largest absolute Gasteiger partial charge is 0.356 e. The molecule has 1 saturated carbocycles. The highest BCUT2D eigenvalue weighted by Crippen LogP contribution is 2.28. The molecule has 3 nitrogen and oxygen atoms in total. The molecule has 1 amide bonds. The van der Waals surface area contributed by atoms with Crippen LogP contribution in [0.3, 0.4) is 0 Å². The first-order chi connectivity index (χ1) is 9.49. The normalized spacial score (nSPS) is 23.3. The molecule has 0 spiro atoms. The Kier molecular flexibility index (Phi) is 8.20. The Hall–Kier alpha value is -0.570. The second kappa shape index (κ2) is 9.38. The standard InChI is InChI=1S/C17H34N2O/c1-13(2)6-5-11-18-17(20)16-9-7-15(8-10-16)12-19-14(3)4/h13-16,19H,5-12H2,1-4H3,(H,18,20)/t15-,16-. The Bertz CT molecular complexity index is 268. The quantitative estimate of drug-likeness (QED) is 0.670. The van der Waals surface area contributed by atoms with E-state index in [-0.39, 0.29) is 5.92 Å². The summed E-state index contributed by atoms with van der Waals surface area (Å²) in [6.45, 7) is 10.8.